The van der Waals surface area contributed by atoms with E-state index < -0.39 is 0 Å². The topological polar surface area (TPSA) is 13.7 Å². The largest absolute Gasteiger partial charge is 0.440 e. The first kappa shape index (κ1) is 20.3. The van der Waals surface area contributed by atoms with Gasteiger partial charge < -0.3 is 4.74 Å². The zero-order valence-electron chi connectivity index (χ0n) is 19.2. The predicted molar refractivity (Wildman–Crippen MR) is 130 cm³/mol. The van der Waals surface area contributed by atoms with E-state index in [1.807, 2.05) is 0 Å². The molecule has 3 atom stereocenters. The first-order valence-corrected chi connectivity index (χ1v) is 12.9. The van der Waals surface area contributed by atoms with Crippen LogP contribution in [0.25, 0.3) is 6.08 Å². The summed E-state index contributed by atoms with van der Waals surface area (Å²) >= 11 is 0. The normalized spacial score (nSPS) is 31.8. The molecule has 2 heterocycles. The summed E-state index contributed by atoms with van der Waals surface area (Å²) in [4.78, 5) is 1.74. The van der Waals surface area contributed by atoms with Crippen LogP contribution in [0.4, 0.5) is 0 Å². The lowest BCUT2D eigenvalue weighted by Gasteiger charge is -2.54. The maximum atomic E-state index is 7.38. The summed E-state index contributed by atoms with van der Waals surface area (Å²) in [5.74, 6) is 2.38. The molecule has 2 fully saturated rings. The van der Waals surface area contributed by atoms with Crippen LogP contribution in [0.15, 0.2) is 77.6 Å². The first-order valence-electron chi connectivity index (χ1n) is 12.9. The molecule has 2 aromatic rings. The minimum Gasteiger partial charge on any atom is -0.440 e. The van der Waals surface area contributed by atoms with Crippen molar-refractivity contribution in [3.63, 3.8) is 0 Å². The van der Waals surface area contributed by atoms with Gasteiger partial charge in [0, 0.05) is 25.2 Å². The number of hydrogen-bond donors (Lipinski definition) is 1. The molecule has 0 unspecified atom stereocenters. The minimum atomic E-state index is -0.0405. The van der Waals surface area contributed by atoms with Crippen LogP contribution in [0.1, 0.15) is 74.8 Å². The van der Waals surface area contributed by atoms with Gasteiger partial charge >= 0.3 is 0 Å². The molecule has 2 nitrogen and oxygen atoms in total. The van der Waals surface area contributed by atoms with Crippen molar-refractivity contribution in [2.24, 2.45) is 5.92 Å². The molecule has 0 spiro atoms. The summed E-state index contributed by atoms with van der Waals surface area (Å²) in [5.41, 5.74) is 5.79. The monoisotopic (exact) mass is 426 g/mol. The Morgan fingerprint density at radius 1 is 0.812 bits per heavy atom. The Hall–Kier alpha value is -2.32. The number of rotatable bonds is 3. The summed E-state index contributed by atoms with van der Waals surface area (Å²) in [6, 6.07) is 22.3. The standard InChI is InChI=1S/C30H35NO/c1-3-12-23(13-4-1)22-25-16-11-17-26-28(24-14-5-2-6-15-24)27-18-7-8-19-30(27,32-29(25)26)31-20-9-10-21-31/h1-6,12-15,22,27-28H,7-11,16-21H2/p+1/b25-22+/t27-,28-,30-/m0/s1. The van der Waals surface area contributed by atoms with Crippen molar-refractivity contribution in [2.75, 3.05) is 13.1 Å². The molecule has 1 saturated heterocycles. The molecule has 4 aliphatic rings. The van der Waals surface area contributed by atoms with Crippen LogP contribution < -0.4 is 4.90 Å². The van der Waals surface area contributed by atoms with Crippen molar-refractivity contribution < 1.29 is 9.64 Å². The SMILES string of the molecule is C(=C1/CCCC2=C1O[C@@]1([NH+]3CCCC3)CCCC[C@H]1[C@H]2c1ccccc1)/c1ccccc1. The van der Waals surface area contributed by atoms with Gasteiger partial charge in [-0.25, -0.2) is 0 Å². The Balaban J connectivity index is 1.52. The van der Waals surface area contributed by atoms with Crippen molar-refractivity contribution in [1.82, 2.24) is 0 Å². The number of benzene rings is 2. The van der Waals surface area contributed by atoms with E-state index in [1.54, 1.807) is 10.5 Å². The molecule has 0 aromatic heterocycles. The van der Waals surface area contributed by atoms with E-state index >= 15 is 0 Å². The van der Waals surface area contributed by atoms with Crippen LogP contribution in [-0.4, -0.2) is 18.8 Å². The fourth-order valence-corrected chi connectivity index (χ4v) is 7.21. The maximum Gasteiger partial charge on any atom is 0.245 e. The smallest absolute Gasteiger partial charge is 0.245 e. The van der Waals surface area contributed by atoms with Crippen molar-refractivity contribution in [3.8, 4) is 0 Å². The molecular weight excluding hydrogens is 390 g/mol. The van der Waals surface area contributed by atoms with Gasteiger partial charge in [0.2, 0.25) is 5.72 Å². The second kappa shape index (κ2) is 8.56. The Morgan fingerprint density at radius 2 is 1.56 bits per heavy atom. The molecule has 0 amide bonds. The number of likely N-dealkylation sites (tertiary alicyclic amines) is 1. The quantitative estimate of drug-likeness (QED) is 0.646. The van der Waals surface area contributed by atoms with Gasteiger partial charge in [0.1, 0.15) is 5.76 Å². The van der Waals surface area contributed by atoms with Crippen molar-refractivity contribution in [1.29, 1.82) is 0 Å². The second-order valence-electron chi connectivity index (χ2n) is 10.3. The van der Waals surface area contributed by atoms with Gasteiger partial charge in [0.05, 0.1) is 19.0 Å². The number of allylic oxidation sites excluding steroid dienone is 2. The van der Waals surface area contributed by atoms with E-state index in [0.717, 1.165) is 6.42 Å². The van der Waals surface area contributed by atoms with Crippen LogP contribution in [0.2, 0.25) is 0 Å². The Bertz CT molecular complexity index is 1000. The van der Waals surface area contributed by atoms with E-state index in [1.165, 1.54) is 86.9 Å². The molecule has 166 valence electrons. The van der Waals surface area contributed by atoms with Gasteiger partial charge in [-0.15, -0.1) is 0 Å². The number of hydrogen-bond acceptors (Lipinski definition) is 1. The summed E-state index contributed by atoms with van der Waals surface area (Å²) in [6.07, 6.45) is 13.8. The van der Waals surface area contributed by atoms with Gasteiger partial charge in [-0.05, 0) is 60.5 Å². The molecule has 32 heavy (non-hydrogen) atoms. The third-order valence-electron chi connectivity index (χ3n) is 8.55. The fraction of sp³-hybridized carbons (Fsp3) is 0.467. The lowest BCUT2D eigenvalue weighted by Crippen LogP contribution is -3.20. The molecule has 2 aliphatic heterocycles. The van der Waals surface area contributed by atoms with Crippen molar-refractivity contribution in [2.45, 2.75) is 69.4 Å². The highest BCUT2D eigenvalue weighted by Crippen LogP contribution is 2.54. The van der Waals surface area contributed by atoms with Crippen LogP contribution in [0.5, 0.6) is 0 Å². The number of nitrogens with one attached hydrogen (secondary N) is 1. The van der Waals surface area contributed by atoms with Gasteiger partial charge in [0.15, 0.2) is 0 Å². The molecule has 2 aliphatic carbocycles. The molecule has 6 rings (SSSR count). The van der Waals surface area contributed by atoms with Gasteiger partial charge in [-0.1, -0.05) is 67.1 Å². The van der Waals surface area contributed by atoms with E-state index in [4.69, 9.17) is 4.74 Å². The Kier molecular flexibility index (Phi) is 5.43. The summed E-state index contributed by atoms with van der Waals surface area (Å²) in [5, 5.41) is 0. The fourth-order valence-electron chi connectivity index (χ4n) is 7.21. The summed E-state index contributed by atoms with van der Waals surface area (Å²) < 4.78 is 7.38. The predicted octanol–water partition coefficient (Wildman–Crippen LogP) is 5.89. The van der Waals surface area contributed by atoms with Crippen LogP contribution >= 0.6 is 0 Å². The molecule has 1 saturated carbocycles. The van der Waals surface area contributed by atoms with Gasteiger partial charge in [-0.2, -0.15) is 0 Å². The van der Waals surface area contributed by atoms with Crippen molar-refractivity contribution >= 4 is 6.08 Å². The zero-order chi connectivity index (χ0) is 21.4. The number of quaternary nitrogens is 1. The van der Waals surface area contributed by atoms with E-state index in [2.05, 4.69) is 66.7 Å². The number of fused-ring (bicyclic) bond motifs is 1. The van der Waals surface area contributed by atoms with Gasteiger partial charge in [0.25, 0.3) is 0 Å². The minimum absolute atomic E-state index is 0.0405. The highest BCUT2D eigenvalue weighted by Gasteiger charge is 2.59. The molecule has 0 bridgehead atoms. The molecule has 1 N–H and O–H groups in total. The van der Waals surface area contributed by atoms with Crippen LogP contribution in [-0.2, 0) is 4.74 Å². The Morgan fingerprint density at radius 3 is 2.34 bits per heavy atom. The molecule has 2 aromatic carbocycles. The highest BCUT2D eigenvalue weighted by atomic mass is 16.5. The molecule has 2 heteroatoms. The molecule has 0 radical (unpaired) electrons. The van der Waals surface area contributed by atoms with Crippen LogP contribution in [0.3, 0.4) is 0 Å². The Labute approximate surface area is 193 Å². The third-order valence-corrected chi connectivity index (χ3v) is 8.55. The third kappa shape index (κ3) is 3.44. The average molecular weight is 427 g/mol. The lowest BCUT2D eigenvalue weighted by atomic mass is 9.64. The van der Waals surface area contributed by atoms with E-state index in [9.17, 15) is 0 Å². The highest BCUT2D eigenvalue weighted by molar-refractivity contribution is 5.60. The van der Waals surface area contributed by atoms with E-state index in [0.29, 0.717) is 11.8 Å². The zero-order valence-corrected chi connectivity index (χ0v) is 19.2. The molecular formula is C30H36NO+. The van der Waals surface area contributed by atoms with Gasteiger partial charge in [-0.3, -0.25) is 4.90 Å². The van der Waals surface area contributed by atoms with Crippen LogP contribution in [0, 0.1) is 5.92 Å². The summed E-state index contributed by atoms with van der Waals surface area (Å²) in [6.45, 7) is 2.55. The lowest BCUT2D eigenvalue weighted by molar-refractivity contribution is -0.975. The number of ether oxygens (including phenoxy) is 1. The second-order valence-corrected chi connectivity index (χ2v) is 10.3. The van der Waals surface area contributed by atoms with Crippen molar-refractivity contribution in [3.05, 3.63) is 88.7 Å². The maximum absolute atomic E-state index is 7.38. The summed E-state index contributed by atoms with van der Waals surface area (Å²) in [7, 11) is 0. The van der Waals surface area contributed by atoms with E-state index in [-0.39, 0.29) is 5.72 Å². The first-order chi connectivity index (χ1) is 15.9. The average Bonchev–Trinajstić information content (AvgIpc) is 3.40.